The number of aliphatic hydroxyl groups excluding tert-OH is 1. The Kier molecular flexibility index (Phi) is 13.1. The van der Waals surface area contributed by atoms with Crippen molar-refractivity contribution in [2.45, 2.75) is 168 Å². The van der Waals surface area contributed by atoms with Gasteiger partial charge < -0.3 is 38.2 Å². The molecular formula is C39H67O8P-2. The maximum absolute atomic E-state index is 10.7. The van der Waals surface area contributed by atoms with E-state index < -0.39 is 32.4 Å². The third kappa shape index (κ3) is 9.18. The predicted molar refractivity (Wildman–Crippen MR) is 185 cm³/mol. The normalized spacial score (nSPS) is 40.4. The van der Waals surface area contributed by atoms with Gasteiger partial charge >= 0.3 is 0 Å². The molecule has 11 atom stereocenters. The van der Waals surface area contributed by atoms with Gasteiger partial charge in [0.15, 0.2) is 5.79 Å². The second-order valence-corrected chi connectivity index (χ2v) is 18.7. The summed E-state index contributed by atoms with van der Waals surface area (Å²) in [6.07, 6.45) is 20.2. The molecule has 1 aliphatic heterocycles. The van der Waals surface area contributed by atoms with Gasteiger partial charge in [-0.1, -0.05) is 78.4 Å². The molecule has 0 radical (unpaired) electrons. The van der Waals surface area contributed by atoms with Gasteiger partial charge in [0, 0.05) is 13.0 Å². The molecule has 8 nitrogen and oxygen atoms in total. The van der Waals surface area contributed by atoms with Crippen LogP contribution < -0.4 is 9.79 Å². The Bertz CT molecular complexity index is 1120. The van der Waals surface area contributed by atoms with Crippen LogP contribution in [0.25, 0.3) is 0 Å². The zero-order valence-electron chi connectivity index (χ0n) is 31.0. The molecule has 48 heavy (non-hydrogen) atoms. The molecule has 0 aromatic carbocycles. The first-order chi connectivity index (χ1) is 22.6. The molecule has 3 saturated carbocycles. The number of phosphoric acid groups is 1. The van der Waals surface area contributed by atoms with E-state index in [0.29, 0.717) is 23.5 Å². The summed E-state index contributed by atoms with van der Waals surface area (Å²) >= 11 is 0. The molecule has 1 heterocycles. The maximum Gasteiger partial charge on any atom is 0.168 e. The Morgan fingerprint density at radius 3 is 2.44 bits per heavy atom. The lowest BCUT2D eigenvalue weighted by molar-refractivity contribution is -0.344. The van der Waals surface area contributed by atoms with Crippen LogP contribution in [0.5, 0.6) is 0 Å². The van der Waals surface area contributed by atoms with Gasteiger partial charge in [-0.2, -0.15) is 0 Å². The Morgan fingerprint density at radius 1 is 0.958 bits per heavy atom. The van der Waals surface area contributed by atoms with Gasteiger partial charge in [-0.3, -0.25) is 0 Å². The first-order valence-electron chi connectivity index (χ1n) is 19.6. The molecule has 1 N–H and O–H groups in total. The van der Waals surface area contributed by atoms with E-state index in [1.807, 2.05) is 0 Å². The highest BCUT2D eigenvalue weighted by Crippen LogP contribution is 2.67. The molecule has 278 valence electrons. The van der Waals surface area contributed by atoms with Gasteiger partial charge in [0.25, 0.3) is 0 Å². The van der Waals surface area contributed by atoms with E-state index in [0.717, 1.165) is 74.2 Å². The topological polar surface area (TPSA) is 120 Å². The third-order valence-corrected chi connectivity index (χ3v) is 14.3. The zero-order valence-corrected chi connectivity index (χ0v) is 31.9. The van der Waals surface area contributed by atoms with Crippen LogP contribution in [0.15, 0.2) is 11.6 Å². The van der Waals surface area contributed by atoms with Crippen LogP contribution in [0.1, 0.15) is 144 Å². The summed E-state index contributed by atoms with van der Waals surface area (Å²) in [4.78, 5) is 21.5. The van der Waals surface area contributed by atoms with Crippen LogP contribution >= 0.6 is 7.82 Å². The number of phosphoric ester groups is 1. The highest BCUT2D eigenvalue weighted by Gasteiger charge is 2.59. The fourth-order valence-electron chi connectivity index (χ4n) is 11.3. The van der Waals surface area contributed by atoms with Crippen molar-refractivity contribution < 1.29 is 38.2 Å². The van der Waals surface area contributed by atoms with E-state index >= 15 is 0 Å². The second kappa shape index (κ2) is 16.1. The Labute approximate surface area is 291 Å². The molecule has 0 bridgehead atoms. The lowest BCUT2D eigenvalue weighted by Crippen LogP contribution is -2.51. The van der Waals surface area contributed by atoms with Crippen LogP contribution in [0, 0.1) is 46.3 Å². The van der Waals surface area contributed by atoms with Crippen molar-refractivity contribution in [3.63, 3.8) is 0 Å². The van der Waals surface area contributed by atoms with Crippen molar-refractivity contribution in [3.05, 3.63) is 11.6 Å². The van der Waals surface area contributed by atoms with Crippen molar-refractivity contribution >= 4 is 7.82 Å². The first-order valence-corrected chi connectivity index (χ1v) is 21.1. The van der Waals surface area contributed by atoms with Crippen LogP contribution in [0.2, 0.25) is 0 Å². The molecule has 1 saturated heterocycles. The van der Waals surface area contributed by atoms with Gasteiger partial charge in [0.2, 0.25) is 0 Å². The number of unbranched alkanes of at least 4 members (excludes halogenated alkanes) is 3. The summed E-state index contributed by atoms with van der Waals surface area (Å²) in [6.45, 7) is 15.1. The van der Waals surface area contributed by atoms with Crippen LogP contribution in [-0.2, 0) is 23.3 Å². The lowest BCUT2D eigenvalue weighted by Gasteiger charge is -2.58. The third-order valence-electron chi connectivity index (χ3n) is 13.9. The molecule has 5 unspecified atom stereocenters. The summed E-state index contributed by atoms with van der Waals surface area (Å²) in [7, 11) is -5.11. The summed E-state index contributed by atoms with van der Waals surface area (Å²) in [5.41, 5.74) is 2.61. The minimum absolute atomic E-state index is 0.202. The molecule has 0 aromatic rings. The highest BCUT2D eigenvalue weighted by molar-refractivity contribution is 7.43. The largest absolute Gasteiger partial charge is 0.790 e. The number of aliphatic hydroxyl groups is 1. The first kappa shape index (κ1) is 38.9. The Morgan fingerprint density at radius 2 is 1.71 bits per heavy atom. The minimum Gasteiger partial charge on any atom is -0.790 e. The van der Waals surface area contributed by atoms with Crippen LogP contribution in [0.3, 0.4) is 0 Å². The number of rotatable bonds is 17. The van der Waals surface area contributed by atoms with Crippen LogP contribution in [0.4, 0.5) is 0 Å². The molecular weight excluding hydrogens is 627 g/mol. The van der Waals surface area contributed by atoms with Crippen molar-refractivity contribution in [1.82, 2.24) is 0 Å². The van der Waals surface area contributed by atoms with E-state index in [-0.39, 0.29) is 6.42 Å². The van der Waals surface area contributed by atoms with Gasteiger partial charge in [0.1, 0.15) is 6.10 Å². The van der Waals surface area contributed by atoms with Crippen molar-refractivity contribution in [2.24, 2.45) is 46.3 Å². The SMILES string of the molecule is CC(C)CCCC(C)C1CCC2C3CC=C4C[C@@H](OCCCCCCO[C@]5(C)C[C@H](O)[C@@H](COP(=O)([O-])[O-])O5)CC[C@]4(C)C3CC[C@]12C. The van der Waals surface area contributed by atoms with Crippen molar-refractivity contribution in [3.8, 4) is 0 Å². The van der Waals surface area contributed by atoms with Crippen molar-refractivity contribution in [1.29, 1.82) is 0 Å². The van der Waals surface area contributed by atoms with E-state index in [1.54, 1.807) is 12.5 Å². The second-order valence-electron chi connectivity index (χ2n) is 17.6. The molecule has 0 aromatic heterocycles. The molecule has 4 fully saturated rings. The van der Waals surface area contributed by atoms with Gasteiger partial charge in [-0.25, -0.2) is 0 Å². The monoisotopic (exact) mass is 694 g/mol. The maximum atomic E-state index is 10.7. The number of hydrogen-bond acceptors (Lipinski definition) is 8. The molecule has 0 spiro atoms. The van der Waals surface area contributed by atoms with E-state index in [4.69, 9.17) is 14.2 Å². The number of hydrogen-bond donors (Lipinski definition) is 1. The molecule has 0 amide bonds. The van der Waals surface area contributed by atoms with E-state index in [1.165, 1.54) is 64.2 Å². The Balaban J connectivity index is 0.996. The average molecular weight is 695 g/mol. The van der Waals surface area contributed by atoms with Gasteiger partial charge in [0.05, 0.1) is 33.2 Å². The highest BCUT2D eigenvalue weighted by atomic mass is 31.2. The van der Waals surface area contributed by atoms with Gasteiger partial charge in [-0.15, -0.1) is 0 Å². The Hall–Kier alpha value is -0.310. The molecule has 4 aliphatic carbocycles. The van der Waals surface area contributed by atoms with E-state index in [2.05, 4.69) is 45.2 Å². The minimum atomic E-state index is -5.11. The van der Waals surface area contributed by atoms with Crippen LogP contribution in [-0.4, -0.2) is 49.0 Å². The standard InChI is InChI=1S/C39H69O8P/c1-27(2)12-11-13-28(3)32-16-17-33-31-15-14-29-24-30(18-20-37(29,4)34(31)19-21-38(32,33)5)44-22-9-7-8-10-23-45-39(6)25-35(40)36(47-39)26-46-48(41,42)43/h14,27-28,30-36,40H,7-13,15-26H2,1-6H3,(H2,41,42,43)/p-2/t28?,30-,31?,32?,33?,34?,35-,36+,37-,38+,39-/m0/s1. The van der Waals surface area contributed by atoms with Crippen molar-refractivity contribution in [2.75, 3.05) is 19.8 Å². The summed E-state index contributed by atoms with van der Waals surface area (Å²) in [5.74, 6) is 4.22. The van der Waals surface area contributed by atoms with Gasteiger partial charge in [-0.05, 0) is 117 Å². The summed E-state index contributed by atoms with van der Waals surface area (Å²) < 4.78 is 33.1. The summed E-state index contributed by atoms with van der Waals surface area (Å²) in [6, 6.07) is 0. The fourth-order valence-corrected chi connectivity index (χ4v) is 11.6. The lowest BCUT2D eigenvalue weighted by atomic mass is 9.47. The van der Waals surface area contributed by atoms with E-state index in [9.17, 15) is 19.5 Å². The average Bonchev–Trinajstić information content (AvgIpc) is 3.51. The quantitative estimate of drug-likeness (QED) is 0.0935. The number of ether oxygens (including phenoxy) is 3. The molecule has 5 rings (SSSR count). The zero-order chi connectivity index (χ0) is 34.7. The predicted octanol–water partition coefficient (Wildman–Crippen LogP) is 7.70. The fraction of sp³-hybridized carbons (Fsp3) is 0.949. The summed E-state index contributed by atoms with van der Waals surface area (Å²) in [5, 5.41) is 10.2. The number of fused-ring (bicyclic) bond motifs is 5. The number of allylic oxidation sites excluding steroid dienone is 1. The smallest absolute Gasteiger partial charge is 0.168 e. The molecule has 5 aliphatic rings. The molecule has 9 heteroatoms.